The first-order valence-corrected chi connectivity index (χ1v) is 17.2. The van der Waals surface area contributed by atoms with Gasteiger partial charge in [0.1, 0.15) is 11.2 Å². The van der Waals surface area contributed by atoms with Gasteiger partial charge in [0.2, 0.25) is 0 Å². The van der Waals surface area contributed by atoms with Gasteiger partial charge >= 0.3 is 11.9 Å². The van der Waals surface area contributed by atoms with Crippen LogP contribution in [0.1, 0.15) is 118 Å². The predicted octanol–water partition coefficient (Wildman–Crippen LogP) is 4.88. The summed E-state index contributed by atoms with van der Waals surface area (Å²) in [6.07, 6.45) is 12.9. The fourth-order valence-electron chi connectivity index (χ4n) is 9.31. The number of unbranched alkanes of at least 4 members (excludes halogenated alkanes) is 8. The standard InChI is InChI=1S/C36H56O9/c1-22(17-28(38)39)15-13-11-9-7-6-8-10-12-14-16-29(40)45-36-30(33(36,4)5)26-19-25(21-37)20-34(43)27(18-23(2)31(34)41)35(26,44)24(3)32(36)42/h18-19,22,24,26-27,30,32,37,42-44H,6-17,20-21H2,1-5H3,(H,38,39)/t22?,24-,26+,27-,30-,32-,34-,35-,36-/m1/s1. The van der Waals surface area contributed by atoms with Crippen LogP contribution in [0.25, 0.3) is 0 Å². The zero-order valence-electron chi connectivity index (χ0n) is 27.9. The van der Waals surface area contributed by atoms with Gasteiger partial charge in [-0.1, -0.05) is 97.6 Å². The van der Waals surface area contributed by atoms with Crippen molar-refractivity contribution in [2.75, 3.05) is 6.61 Å². The van der Waals surface area contributed by atoms with E-state index < -0.39 is 63.7 Å². The monoisotopic (exact) mass is 632 g/mol. The Hall–Kier alpha value is -2.07. The molecule has 9 atom stereocenters. The number of ether oxygens (including phenoxy) is 1. The third-order valence-corrected chi connectivity index (χ3v) is 11.9. The first-order valence-electron chi connectivity index (χ1n) is 17.2. The molecular weight excluding hydrogens is 576 g/mol. The van der Waals surface area contributed by atoms with E-state index in [1.54, 1.807) is 26.0 Å². The molecule has 9 heteroatoms. The molecular formula is C36H56O9. The number of fused-ring (bicyclic) bond motifs is 5. The highest BCUT2D eigenvalue weighted by molar-refractivity contribution is 6.04. The van der Waals surface area contributed by atoms with E-state index in [1.165, 1.54) is 0 Å². The lowest BCUT2D eigenvalue weighted by molar-refractivity contribution is -0.219. The number of ketones is 1. The van der Waals surface area contributed by atoms with Gasteiger partial charge in [-0.2, -0.15) is 0 Å². The summed E-state index contributed by atoms with van der Waals surface area (Å²) < 4.78 is 6.18. The first-order chi connectivity index (χ1) is 21.1. The van der Waals surface area contributed by atoms with Crippen LogP contribution in [0.3, 0.4) is 0 Å². The van der Waals surface area contributed by atoms with E-state index in [2.05, 4.69) is 0 Å². The Labute approximate surface area is 268 Å². The van der Waals surface area contributed by atoms with Crippen LogP contribution in [0.5, 0.6) is 0 Å². The van der Waals surface area contributed by atoms with Gasteiger partial charge in [0.15, 0.2) is 5.78 Å². The van der Waals surface area contributed by atoms with Crippen LogP contribution in [0, 0.1) is 35.0 Å². The lowest BCUT2D eigenvalue weighted by Crippen LogP contribution is -2.65. The largest absolute Gasteiger partial charge is 0.481 e. The Morgan fingerprint density at radius 1 is 1.00 bits per heavy atom. The Morgan fingerprint density at radius 3 is 2.16 bits per heavy atom. The molecule has 9 nitrogen and oxygen atoms in total. The summed E-state index contributed by atoms with van der Waals surface area (Å²) in [5, 5.41) is 54.8. The maximum absolute atomic E-state index is 13.2. The fraction of sp³-hybridized carbons (Fsp3) is 0.806. The number of hydrogen-bond acceptors (Lipinski definition) is 8. The molecule has 0 spiro atoms. The highest BCUT2D eigenvalue weighted by Crippen LogP contribution is 2.76. The van der Waals surface area contributed by atoms with Crippen LogP contribution >= 0.6 is 0 Å². The van der Waals surface area contributed by atoms with Gasteiger partial charge in [0, 0.05) is 48.3 Å². The zero-order valence-corrected chi connectivity index (χ0v) is 27.9. The molecule has 45 heavy (non-hydrogen) atoms. The van der Waals surface area contributed by atoms with E-state index in [0.717, 1.165) is 57.8 Å². The van der Waals surface area contributed by atoms with Crippen LogP contribution < -0.4 is 0 Å². The quantitative estimate of drug-likeness (QED) is 0.0907. The average molecular weight is 633 g/mol. The van der Waals surface area contributed by atoms with Gasteiger partial charge in [0.05, 0.1) is 18.3 Å². The smallest absolute Gasteiger partial charge is 0.306 e. The lowest BCUT2D eigenvalue weighted by atomic mass is 9.59. The Balaban J connectivity index is 1.29. The van der Waals surface area contributed by atoms with Crippen LogP contribution in [0.4, 0.5) is 0 Å². The lowest BCUT2D eigenvalue weighted by Gasteiger charge is -2.52. The molecule has 4 aliphatic rings. The van der Waals surface area contributed by atoms with Crippen molar-refractivity contribution in [3.8, 4) is 0 Å². The van der Waals surface area contributed by atoms with Gasteiger partial charge in [0.25, 0.3) is 0 Å². The molecule has 0 aromatic carbocycles. The van der Waals surface area contributed by atoms with E-state index in [4.69, 9.17) is 9.84 Å². The number of esters is 1. The number of carbonyl (C=O) groups excluding carboxylic acids is 2. The molecule has 0 heterocycles. The third-order valence-electron chi connectivity index (χ3n) is 11.9. The van der Waals surface area contributed by atoms with Gasteiger partial charge < -0.3 is 30.3 Å². The van der Waals surface area contributed by atoms with Crippen molar-refractivity contribution in [2.45, 2.75) is 141 Å². The molecule has 2 saturated carbocycles. The summed E-state index contributed by atoms with van der Waals surface area (Å²) in [6, 6.07) is 0. The second kappa shape index (κ2) is 13.6. The summed E-state index contributed by atoms with van der Waals surface area (Å²) >= 11 is 0. The number of carboxylic acid groups (broad SMARTS) is 1. The zero-order chi connectivity index (χ0) is 33.4. The van der Waals surface area contributed by atoms with E-state index in [0.29, 0.717) is 17.6 Å². The van der Waals surface area contributed by atoms with E-state index in [1.807, 2.05) is 20.8 Å². The van der Waals surface area contributed by atoms with Crippen molar-refractivity contribution in [2.24, 2.45) is 35.0 Å². The number of aliphatic hydroxyl groups is 4. The van der Waals surface area contributed by atoms with Gasteiger partial charge in [-0.3, -0.25) is 14.4 Å². The van der Waals surface area contributed by atoms with Crippen molar-refractivity contribution in [3.63, 3.8) is 0 Å². The predicted molar refractivity (Wildman–Crippen MR) is 169 cm³/mol. The molecule has 5 N–H and O–H groups in total. The van der Waals surface area contributed by atoms with Crippen molar-refractivity contribution in [3.05, 3.63) is 23.3 Å². The molecule has 4 rings (SSSR count). The molecule has 1 unspecified atom stereocenters. The number of hydrogen-bond donors (Lipinski definition) is 5. The highest BCUT2D eigenvalue weighted by atomic mass is 16.6. The minimum absolute atomic E-state index is 0.101. The number of aliphatic carboxylic acids is 1. The normalized spacial score (nSPS) is 37.0. The van der Waals surface area contributed by atoms with Crippen molar-refractivity contribution < 1.29 is 44.7 Å². The number of carboxylic acids is 1. The van der Waals surface area contributed by atoms with Crippen molar-refractivity contribution in [1.82, 2.24) is 0 Å². The number of carbonyl (C=O) groups is 3. The maximum Gasteiger partial charge on any atom is 0.306 e. The molecule has 0 aromatic rings. The Kier molecular flexibility index (Phi) is 10.8. The summed E-state index contributed by atoms with van der Waals surface area (Å²) in [6.45, 7) is 8.77. The van der Waals surface area contributed by atoms with Crippen LogP contribution in [0.15, 0.2) is 23.3 Å². The molecule has 0 radical (unpaired) electrons. The topological polar surface area (TPSA) is 162 Å². The minimum atomic E-state index is -1.91. The van der Waals surface area contributed by atoms with E-state index >= 15 is 0 Å². The molecule has 4 aliphatic carbocycles. The average Bonchev–Trinajstić information content (AvgIpc) is 3.40. The molecule has 0 amide bonds. The second-order valence-corrected chi connectivity index (χ2v) is 15.3. The number of aliphatic hydroxyl groups excluding tert-OH is 2. The highest BCUT2D eigenvalue weighted by Gasteiger charge is 2.86. The number of rotatable bonds is 16. The van der Waals surface area contributed by atoms with Crippen LogP contribution in [0.2, 0.25) is 0 Å². The van der Waals surface area contributed by atoms with E-state index in [-0.39, 0.29) is 37.8 Å². The Bertz CT molecular complexity index is 1190. The van der Waals surface area contributed by atoms with Crippen LogP contribution in [-0.2, 0) is 19.1 Å². The van der Waals surface area contributed by atoms with Gasteiger partial charge in [-0.05, 0) is 30.4 Å². The van der Waals surface area contributed by atoms with Crippen molar-refractivity contribution >= 4 is 17.7 Å². The minimum Gasteiger partial charge on any atom is -0.481 e. The molecule has 2 fully saturated rings. The Morgan fingerprint density at radius 2 is 1.58 bits per heavy atom. The second-order valence-electron chi connectivity index (χ2n) is 15.3. The molecule has 0 bridgehead atoms. The van der Waals surface area contributed by atoms with Crippen LogP contribution in [-0.4, -0.2) is 72.8 Å². The SMILES string of the molecule is CC1=C[C@H]2[C@@]3(O)[C@H](C)[C@@H](O)[C@]4(OC(=O)CCCCCCCCCCCC(C)CC(=O)O)[C@H]([C@@H]3C=C(CO)C[C@]2(O)C1=O)C4(C)C. The third kappa shape index (κ3) is 6.31. The van der Waals surface area contributed by atoms with Gasteiger partial charge in [-0.15, -0.1) is 0 Å². The first kappa shape index (κ1) is 35.8. The van der Waals surface area contributed by atoms with Crippen molar-refractivity contribution in [1.29, 1.82) is 0 Å². The summed E-state index contributed by atoms with van der Waals surface area (Å²) in [4.78, 5) is 37.1. The molecule has 0 aliphatic heterocycles. The summed E-state index contributed by atoms with van der Waals surface area (Å²) in [7, 11) is 0. The molecule has 0 saturated heterocycles. The number of Topliss-reactive ketones (excluding diaryl/α,β-unsaturated/α-hetero) is 1. The summed E-state index contributed by atoms with van der Waals surface area (Å²) in [5.41, 5.74) is -4.68. The molecule has 254 valence electrons. The summed E-state index contributed by atoms with van der Waals surface area (Å²) in [5.74, 6) is -4.25. The fourth-order valence-corrected chi connectivity index (χ4v) is 9.31. The maximum atomic E-state index is 13.2. The molecule has 0 aromatic heterocycles. The van der Waals surface area contributed by atoms with E-state index in [9.17, 15) is 34.8 Å². The van der Waals surface area contributed by atoms with Gasteiger partial charge in [-0.25, -0.2) is 0 Å².